The predicted octanol–water partition coefficient (Wildman–Crippen LogP) is 12.1. The number of oxime groups is 3. The SMILES string of the molecule is COC(=O)c1ccc(Oc2cccc(C(N)=NO)c2)c(NC(=O)c2ccc(-c3ccccc3S(N)(=O)=O)cc2)c1.NC(=NO)c1cccc(Oc2ccc([N+](=O)[O-])cc2C(=O)Nc2ccc(-c3ccccc3S(N)(=O)=O)cc2)c1.NC(=NO)c1cccc(Oc2ccccc2NC(=O)c2ccc(-c3ccccc3S(N)(=O)=O)cc2)c1. The Hall–Kier alpha value is -15.1. The summed E-state index contributed by atoms with van der Waals surface area (Å²) >= 11 is 0. The molecule has 584 valence electrons. The van der Waals surface area contributed by atoms with E-state index in [0.29, 0.717) is 84.3 Å². The van der Waals surface area contributed by atoms with Gasteiger partial charge in [0.25, 0.3) is 23.4 Å². The zero-order valence-corrected chi connectivity index (χ0v) is 62.4. The van der Waals surface area contributed by atoms with E-state index in [2.05, 4.69) is 31.4 Å². The highest BCUT2D eigenvalue weighted by molar-refractivity contribution is 7.89. The van der Waals surface area contributed by atoms with Crippen molar-refractivity contribution in [3.05, 3.63) is 328 Å². The lowest BCUT2D eigenvalue weighted by molar-refractivity contribution is -0.384. The molecule has 0 aliphatic rings. The molecule has 0 fully saturated rings. The summed E-state index contributed by atoms with van der Waals surface area (Å²) in [7, 11) is -10.6. The Morgan fingerprint density at radius 3 is 1.13 bits per heavy atom. The molecule has 0 saturated carbocycles. The average molecular weight is 1610 g/mol. The number of hydrogen-bond acceptors (Lipinski definition) is 22. The van der Waals surface area contributed by atoms with Crippen molar-refractivity contribution in [2.45, 2.75) is 14.7 Å². The molecule has 0 bridgehead atoms. The lowest BCUT2D eigenvalue weighted by Crippen LogP contribution is -2.14. The molecule has 12 aromatic rings. The number of hydrogen-bond donors (Lipinski definition) is 12. The highest BCUT2D eigenvalue weighted by atomic mass is 32.2. The van der Waals surface area contributed by atoms with Gasteiger partial charge < -0.3 is 67.7 Å². The minimum absolute atomic E-state index is 0.00404. The summed E-state index contributed by atoms with van der Waals surface area (Å²) in [5, 5.41) is 71.2. The molecule has 0 unspecified atom stereocenters. The van der Waals surface area contributed by atoms with E-state index in [1.165, 1.54) is 79.9 Å². The number of amides is 3. The van der Waals surface area contributed by atoms with Crippen LogP contribution in [0, 0.1) is 10.1 Å². The highest BCUT2D eigenvalue weighted by Crippen LogP contribution is 2.37. The van der Waals surface area contributed by atoms with Crippen LogP contribution in [0.15, 0.2) is 309 Å². The van der Waals surface area contributed by atoms with Gasteiger partial charge in [-0.15, -0.1) is 0 Å². The largest absolute Gasteiger partial charge is 0.465 e. The number of carbonyl (C=O) groups excluding carboxylic acids is 4. The number of nitro groups is 1. The van der Waals surface area contributed by atoms with Gasteiger partial charge in [-0.3, -0.25) is 24.5 Å². The third-order valence-electron chi connectivity index (χ3n) is 16.5. The molecule has 32 nitrogen and oxygen atoms in total. The van der Waals surface area contributed by atoms with Crippen molar-refractivity contribution < 1.29 is 83.9 Å². The number of esters is 1. The molecule has 0 saturated heterocycles. The number of nitro benzene ring substituents is 1. The number of non-ortho nitro benzene ring substituents is 1. The van der Waals surface area contributed by atoms with Crippen LogP contribution in [0.2, 0.25) is 0 Å². The van der Waals surface area contributed by atoms with E-state index < -0.39 is 52.8 Å². The summed E-state index contributed by atoms with van der Waals surface area (Å²) in [4.78, 5) is 62.1. The van der Waals surface area contributed by atoms with Gasteiger partial charge in [0.1, 0.15) is 23.0 Å². The first kappa shape index (κ1) is 82.4. The summed E-state index contributed by atoms with van der Waals surface area (Å²) in [6, 6.07) is 72.0. The van der Waals surface area contributed by atoms with E-state index in [4.69, 9.17) is 67.2 Å². The van der Waals surface area contributed by atoms with Crippen molar-refractivity contribution in [2.75, 3.05) is 23.1 Å². The number of ether oxygens (including phenoxy) is 4. The first-order valence-corrected chi connectivity index (χ1v) is 38.1. The number of rotatable bonds is 23. The monoisotopic (exact) mass is 1610 g/mol. The summed E-state index contributed by atoms with van der Waals surface area (Å²) < 4.78 is 94.1. The minimum Gasteiger partial charge on any atom is -0.465 e. The van der Waals surface area contributed by atoms with E-state index in [0.717, 1.165) is 6.07 Å². The molecule has 12 rings (SSSR count). The highest BCUT2D eigenvalue weighted by Gasteiger charge is 2.24. The number of anilines is 3. The molecule has 35 heteroatoms. The van der Waals surface area contributed by atoms with Crippen LogP contribution in [0.1, 0.15) is 58.1 Å². The summed E-state index contributed by atoms with van der Waals surface area (Å²) in [6.45, 7) is 0. The fourth-order valence-corrected chi connectivity index (χ4v) is 13.3. The van der Waals surface area contributed by atoms with Gasteiger partial charge in [-0.05, 0) is 144 Å². The Kier molecular flexibility index (Phi) is 26.2. The minimum atomic E-state index is -3.96. The maximum Gasteiger partial charge on any atom is 0.337 e. The van der Waals surface area contributed by atoms with Crippen molar-refractivity contribution in [1.82, 2.24) is 0 Å². The second-order valence-corrected chi connectivity index (χ2v) is 28.8. The number of primary sulfonamides is 3. The maximum atomic E-state index is 13.2. The lowest BCUT2D eigenvalue weighted by atomic mass is 10.0. The van der Waals surface area contributed by atoms with Gasteiger partial charge in [0, 0.05) is 62.3 Å². The lowest BCUT2D eigenvalue weighted by Gasteiger charge is -2.14. The number of nitrogens with one attached hydrogen (secondary N) is 3. The molecule has 0 aromatic heterocycles. The van der Waals surface area contributed by atoms with E-state index in [9.17, 15) is 54.5 Å². The Morgan fingerprint density at radius 1 is 0.374 bits per heavy atom. The molecule has 0 aliphatic heterocycles. The third-order valence-corrected chi connectivity index (χ3v) is 19.5. The number of sulfonamides is 3. The number of para-hydroxylation sites is 2. The summed E-state index contributed by atoms with van der Waals surface area (Å²) in [5.41, 5.74) is 22.3. The first-order chi connectivity index (χ1) is 54.9. The molecule has 0 radical (unpaired) electrons. The van der Waals surface area contributed by atoms with Crippen LogP contribution in [-0.4, -0.2) is 94.1 Å². The second kappa shape index (κ2) is 36.6. The van der Waals surface area contributed by atoms with Gasteiger partial charge in [0.2, 0.25) is 30.1 Å². The molecule has 18 N–H and O–H groups in total. The number of carbonyl (C=O) groups is 4. The van der Waals surface area contributed by atoms with Crippen molar-refractivity contribution >= 4 is 94.0 Å². The first-order valence-electron chi connectivity index (χ1n) is 33.4. The number of benzene rings is 12. The molecule has 3 amide bonds. The Morgan fingerprint density at radius 2 is 0.730 bits per heavy atom. The predicted molar refractivity (Wildman–Crippen MR) is 428 cm³/mol. The van der Waals surface area contributed by atoms with Crippen LogP contribution in [0.25, 0.3) is 33.4 Å². The van der Waals surface area contributed by atoms with Crippen LogP contribution in [-0.2, 0) is 34.8 Å². The Bertz CT molecular complexity index is 6160. The van der Waals surface area contributed by atoms with Gasteiger partial charge in [-0.1, -0.05) is 155 Å². The van der Waals surface area contributed by atoms with Crippen molar-refractivity contribution in [2.24, 2.45) is 48.1 Å². The number of amidine groups is 3. The maximum absolute atomic E-state index is 13.2. The number of nitrogens with zero attached hydrogens (tertiary/aromatic N) is 4. The van der Waals surface area contributed by atoms with Gasteiger partial charge >= 0.3 is 5.97 Å². The molecule has 12 aromatic carbocycles. The Balaban J connectivity index is 0.000000183. The van der Waals surface area contributed by atoms with Gasteiger partial charge in [-0.2, -0.15) is 0 Å². The van der Waals surface area contributed by atoms with E-state index in [1.807, 2.05) is 0 Å². The molecular weight excluding hydrogens is 1540 g/mol. The van der Waals surface area contributed by atoms with E-state index in [1.54, 1.807) is 200 Å². The van der Waals surface area contributed by atoms with Crippen LogP contribution in [0.5, 0.6) is 34.5 Å². The number of methoxy groups -OCH3 is 1. The third kappa shape index (κ3) is 21.3. The van der Waals surface area contributed by atoms with Gasteiger partial charge in [0.15, 0.2) is 29.0 Å². The van der Waals surface area contributed by atoms with Crippen LogP contribution < -0.4 is 62.8 Å². The second-order valence-electron chi connectivity index (χ2n) is 24.2. The zero-order valence-electron chi connectivity index (χ0n) is 59.9. The Labute approximate surface area is 656 Å². The van der Waals surface area contributed by atoms with E-state index >= 15 is 0 Å². The normalized spacial score (nSPS) is 11.6. The molecule has 0 atom stereocenters. The fraction of sp³-hybridized carbons (Fsp3) is 0.0125. The molecule has 0 heterocycles. The standard InChI is InChI=1S/C28H24N4O7S.C26H21N5O7S.C26H22N4O5S/c1-38-28(34)20-13-14-24(39-21-6-4-5-19(15-21)26(29)32-35)23(16-20)31-27(33)18-11-9-17(10-12-18)22-7-2-3-8-25(22)40(30,36)37;27-25(30-33)17-4-3-5-20(14-17)38-23-13-12-19(31(34)35)15-22(23)26(32)29-18-10-8-16(9-11-18)21-6-1-2-7-24(21)39(28,36)37;27-25(30-32)19-6-5-7-20(16-19)35-23-10-3-2-9-22(23)29-26(31)18-14-12-17(13-15-18)21-8-1-4-11-24(21)36(28,33)34/h2-16,35H,1H3,(H2,29,32)(H,31,33)(H2,30,36,37);1-15,33H,(H2,27,30)(H,29,32)(H2,28,36,37);1-16,32H,(H2,27,30)(H,29,31)(H2,28,33,34). The summed E-state index contributed by atoms with van der Waals surface area (Å²) in [5.74, 6) is -0.948. The average Bonchev–Trinajstić information content (AvgIpc) is 0.813. The molecule has 0 spiro atoms. The van der Waals surface area contributed by atoms with Crippen molar-refractivity contribution in [3.63, 3.8) is 0 Å². The quantitative estimate of drug-likeness (QED) is 0.00706. The summed E-state index contributed by atoms with van der Waals surface area (Å²) in [6.07, 6.45) is 0. The molecule has 115 heavy (non-hydrogen) atoms. The fourth-order valence-electron chi connectivity index (χ4n) is 11.0. The smallest absolute Gasteiger partial charge is 0.337 e. The molecule has 0 aliphatic carbocycles. The van der Waals surface area contributed by atoms with Crippen molar-refractivity contribution in [3.8, 4) is 67.9 Å². The van der Waals surface area contributed by atoms with Crippen molar-refractivity contribution in [1.29, 1.82) is 0 Å². The van der Waals surface area contributed by atoms with Crippen LogP contribution in [0.4, 0.5) is 22.7 Å². The van der Waals surface area contributed by atoms with Gasteiger partial charge in [0.05, 0.1) is 49.2 Å². The van der Waals surface area contributed by atoms with Gasteiger partial charge in [-0.25, -0.2) is 45.5 Å². The van der Waals surface area contributed by atoms with Crippen LogP contribution >= 0.6 is 0 Å². The topological polar surface area (TPSA) is 541 Å². The van der Waals surface area contributed by atoms with Crippen LogP contribution in [0.3, 0.4) is 0 Å². The molecular formula is C80H67N13O19S3. The number of nitrogens with two attached hydrogens (primary N) is 6. The van der Waals surface area contributed by atoms with E-state index in [-0.39, 0.29) is 83.4 Å². The zero-order chi connectivity index (χ0) is 82.7.